The number of fused-ring (bicyclic) bond motifs is 5. The van der Waals surface area contributed by atoms with Crippen molar-refractivity contribution >= 4 is 28.4 Å². The topological polar surface area (TPSA) is 6.48 Å². The van der Waals surface area contributed by atoms with Gasteiger partial charge in [0.2, 0.25) is 0 Å². The highest BCUT2D eigenvalue weighted by Crippen LogP contribution is 2.56. The highest BCUT2D eigenvalue weighted by atomic mass is 15.1. The fourth-order valence-corrected chi connectivity index (χ4v) is 14.7. The Balaban J connectivity index is 0.793. The van der Waals surface area contributed by atoms with Crippen molar-refractivity contribution in [1.29, 1.82) is 0 Å². The van der Waals surface area contributed by atoms with Crippen LogP contribution in [0.2, 0.25) is 0 Å². The van der Waals surface area contributed by atoms with Crippen molar-refractivity contribution in [3.63, 3.8) is 0 Å². The third-order valence-corrected chi connectivity index (χ3v) is 20.4. The van der Waals surface area contributed by atoms with E-state index in [1.165, 1.54) is 223 Å². The van der Waals surface area contributed by atoms with Gasteiger partial charge < -0.3 is 9.80 Å². The summed E-state index contributed by atoms with van der Waals surface area (Å²) in [5, 5.41) is 0. The number of anilines is 5. The molecule has 0 heterocycles. The van der Waals surface area contributed by atoms with E-state index in [0.717, 1.165) is 12.1 Å². The van der Waals surface area contributed by atoms with Crippen LogP contribution in [0.3, 0.4) is 0 Å². The van der Waals surface area contributed by atoms with Crippen LogP contribution >= 0.6 is 0 Å². The maximum Gasteiger partial charge on any atom is 0.0464 e. The summed E-state index contributed by atoms with van der Waals surface area (Å²) in [5.41, 5.74) is 34.5. The molecular weight excluding hydrogens is 1040 g/mol. The summed E-state index contributed by atoms with van der Waals surface area (Å²) in [7, 11) is 2.20. The molecule has 2 nitrogen and oxygen atoms in total. The lowest BCUT2D eigenvalue weighted by atomic mass is 9.70. The zero-order chi connectivity index (χ0) is 59.1. The van der Waals surface area contributed by atoms with Gasteiger partial charge in [-0.15, -0.1) is 0 Å². The van der Waals surface area contributed by atoms with Gasteiger partial charge in [-0.05, 0) is 243 Å². The number of unbranched alkanes of at least 4 members (excludes halogenated alkanes) is 6. The number of hydrogen-bond acceptors (Lipinski definition) is 2. The first-order chi connectivity index (χ1) is 41.9. The number of hydrogen-bond donors (Lipinski definition) is 0. The van der Waals surface area contributed by atoms with E-state index < -0.39 is 0 Å². The van der Waals surface area contributed by atoms with Gasteiger partial charge in [0.25, 0.3) is 0 Å². The largest absolute Gasteiger partial charge is 0.345 e. The summed E-state index contributed by atoms with van der Waals surface area (Å²) in [6.45, 7) is 16.1. The molecule has 0 bridgehead atoms. The molecule has 0 N–H and O–H groups in total. The third kappa shape index (κ3) is 10.8. The predicted molar refractivity (Wildman–Crippen MR) is 369 cm³/mol. The van der Waals surface area contributed by atoms with Crippen molar-refractivity contribution in [1.82, 2.24) is 0 Å². The first kappa shape index (κ1) is 56.9. The molecule has 0 atom stereocenters. The van der Waals surface area contributed by atoms with Gasteiger partial charge >= 0.3 is 0 Å². The van der Waals surface area contributed by atoms with Crippen LogP contribution in [0.25, 0.3) is 55.6 Å². The highest BCUT2D eigenvalue weighted by molar-refractivity contribution is 5.87. The SMILES string of the molecule is CCCCCCC1(CCCCCC)c2cc(-c3ccc(N(C)c4ccc5c(c4)CC5)cc3)ccc2-c2ccc(-c3ccc(N(c4ccc(-c5ccc(C(C)(C)c6ccc(-c7ccc(C)cc7)c(C)c6)cc5C)cc4)c4ccc5c(c4)CC5)cc3)cc21. The van der Waals surface area contributed by atoms with Gasteiger partial charge in [-0.25, -0.2) is 0 Å². The average molecular weight is 1120 g/mol. The second-order valence-corrected chi connectivity index (χ2v) is 26.2. The fraction of sp³-hybridized carbons (Fsp3) is 0.286. The Labute approximate surface area is 514 Å². The molecule has 0 aliphatic heterocycles. The zero-order valence-corrected chi connectivity index (χ0v) is 52.4. The molecule has 3 aliphatic rings. The van der Waals surface area contributed by atoms with Crippen LogP contribution in [-0.2, 0) is 36.5 Å². The normalized spacial score (nSPS) is 13.5. The molecule has 10 aromatic carbocycles. The lowest BCUT2D eigenvalue weighted by Crippen LogP contribution is -2.25. The molecule has 0 amide bonds. The standard InChI is InChI=1S/C84H86N2/c1-9-11-13-15-49-84(50-16-14-12-10-2)81-55-68(62-25-37-72(38-26-62)85(8)75-43-29-60-21-23-66(60)53-75)33-45-79(81)80-46-34-69(56-82(80)84)63-27-39-73(40-28-63)86(76-44-30-61-22-24-67(61)54-76)74-41-31-65(32-42-74)78-48-36-71(52-59(78)5)83(6,7)70-35-47-77(58(4)51-70)64-19-17-57(3)18-20-64/h17-20,25-48,51-56H,9-16,21-24,49-50H2,1-8H3. The number of rotatable bonds is 21. The van der Waals surface area contributed by atoms with Crippen molar-refractivity contribution < 1.29 is 0 Å². The Kier molecular flexibility index (Phi) is 15.8. The van der Waals surface area contributed by atoms with Crippen LogP contribution in [0, 0.1) is 20.8 Å². The predicted octanol–water partition coefficient (Wildman–Crippen LogP) is 23.2. The molecule has 86 heavy (non-hydrogen) atoms. The van der Waals surface area contributed by atoms with Gasteiger partial charge in [-0.2, -0.15) is 0 Å². The molecule has 0 saturated heterocycles. The summed E-state index contributed by atoms with van der Waals surface area (Å²) in [6, 6.07) is 80.1. The van der Waals surface area contributed by atoms with E-state index in [2.05, 4.69) is 272 Å². The minimum absolute atomic E-state index is 0.0450. The molecular formula is C84H86N2. The van der Waals surface area contributed by atoms with Crippen LogP contribution < -0.4 is 9.80 Å². The van der Waals surface area contributed by atoms with Crippen molar-refractivity contribution in [2.24, 2.45) is 0 Å². The summed E-state index contributed by atoms with van der Waals surface area (Å²) in [6.07, 6.45) is 17.2. The van der Waals surface area contributed by atoms with E-state index in [0.29, 0.717) is 0 Å². The number of benzene rings is 10. The molecule has 0 spiro atoms. The van der Waals surface area contributed by atoms with E-state index >= 15 is 0 Å². The van der Waals surface area contributed by atoms with Crippen molar-refractivity contribution in [3.8, 4) is 55.6 Å². The van der Waals surface area contributed by atoms with Crippen molar-refractivity contribution in [2.45, 2.75) is 149 Å². The van der Waals surface area contributed by atoms with Gasteiger partial charge in [-0.1, -0.05) is 218 Å². The number of nitrogens with zero attached hydrogens (tertiary/aromatic N) is 2. The Bertz CT molecular complexity index is 4070. The summed E-state index contributed by atoms with van der Waals surface area (Å²) >= 11 is 0. The van der Waals surface area contributed by atoms with Crippen LogP contribution in [-0.4, -0.2) is 7.05 Å². The Morgan fingerprint density at radius 2 is 0.744 bits per heavy atom. The van der Waals surface area contributed by atoms with E-state index in [9.17, 15) is 0 Å². The zero-order valence-electron chi connectivity index (χ0n) is 52.4. The molecule has 432 valence electrons. The van der Waals surface area contributed by atoms with Crippen LogP contribution in [0.4, 0.5) is 28.4 Å². The van der Waals surface area contributed by atoms with Crippen molar-refractivity contribution in [3.05, 3.63) is 267 Å². The van der Waals surface area contributed by atoms with E-state index in [4.69, 9.17) is 0 Å². The first-order valence-electron chi connectivity index (χ1n) is 32.6. The van der Waals surface area contributed by atoms with Gasteiger partial charge in [-0.3, -0.25) is 0 Å². The van der Waals surface area contributed by atoms with E-state index in [-0.39, 0.29) is 10.8 Å². The highest BCUT2D eigenvalue weighted by Gasteiger charge is 2.43. The molecule has 0 saturated carbocycles. The maximum atomic E-state index is 2.61. The summed E-state index contributed by atoms with van der Waals surface area (Å²) in [5.74, 6) is 0. The average Bonchev–Trinajstić information content (AvgIpc) is 1.80. The molecule has 2 heteroatoms. The second kappa shape index (κ2) is 23.9. The monoisotopic (exact) mass is 1120 g/mol. The molecule has 3 aliphatic carbocycles. The van der Waals surface area contributed by atoms with Crippen LogP contribution in [0.1, 0.15) is 153 Å². The van der Waals surface area contributed by atoms with E-state index in [1.807, 2.05) is 0 Å². The van der Waals surface area contributed by atoms with Gasteiger partial charge in [0.05, 0.1) is 0 Å². The lowest BCUT2D eigenvalue weighted by molar-refractivity contribution is 0.401. The number of aryl methyl sites for hydroxylation is 7. The summed E-state index contributed by atoms with van der Waals surface area (Å²) < 4.78 is 0. The summed E-state index contributed by atoms with van der Waals surface area (Å²) in [4.78, 5) is 4.80. The van der Waals surface area contributed by atoms with Gasteiger partial charge in [0.15, 0.2) is 0 Å². The van der Waals surface area contributed by atoms with Crippen molar-refractivity contribution in [2.75, 3.05) is 16.8 Å². The minimum Gasteiger partial charge on any atom is -0.345 e. The molecule has 0 aromatic heterocycles. The molecule has 0 radical (unpaired) electrons. The van der Waals surface area contributed by atoms with Gasteiger partial charge in [0, 0.05) is 46.3 Å². The maximum absolute atomic E-state index is 2.61. The third-order valence-electron chi connectivity index (χ3n) is 20.4. The molecule has 10 aromatic rings. The Morgan fingerprint density at radius 1 is 0.349 bits per heavy atom. The lowest BCUT2D eigenvalue weighted by Gasteiger charge is -2.33. The Morgan fingerprint density at radius 3 is 1.19 bits per heavy atom. The second-order valence-electron chi connectivity index (χ2n) is 26.2. The molecule has 0 unspecified atom stereocenters. The molecule has 0 fully saturated rings. The van der Waals surface area contributed by atoms with E-state index in [1.54, 1.807) is 0 Å². The first-order valence-corrected chi connectivity index (χ1v) is 32.6. The smallest absolute Gasteiger partial charge is 0.0464 e. The minimum atomic E-state index is -0.157. The van der Waals surface area contributed by atoms with Crippen LogP contribution in [0.15, 0.2) is 206 Å². The van der Waals surface area contributed by atoms with Crippen LogP contribution in [0.5, 0.6) is 0 Å². The quantitative estimate of drug-likeness (QED) is 0.0662. The fourth-order valence-electron chi connectivity index (χ4n) is 14.7. The molecule has 13 rings (SSSR count). The Hall–Kier alpha value is -8.20. The van der Waals surface area contributed by atoms with Gasteiger partial charge in [0.1, 0.15) is 0 Å².